The van der Waals surface area contributed by atoms with Gasteiger partial charge in [0.25, 0.3) is 0 Å². The summed E-state index contributed by atoms with van der Waals surface area (Å²) in [5.74, 6) is 0. The van der Waals surface area contributed by atoms with Gasteiger partial charge in [0.2, 0.25) is 0 Å². The molecule has 5 aromatic rings. The third kappa shape index (κ3) is 4.20. The molecule has 5 rings (SSSR count). The Labute approximate surface area is 209 Å². The minimum atomic E-state index is -1.91. The SMILES string of the molecule is Brc1cccc2c(C[P+](c3ccccc3)(c3ccccc3)c3ccccc3)cccc12.[Br-]. The van der Waals surface area contributed by atoms with Crippen LogP contribution in [-0.4, -0.2) is 0 Å². The van der Waals surface area contributed by atoms with E-state index in [4.69, 9.17) is 0 Å². The molecule has 0 heterocycles. The molecular formula is C29H23Br2P. The van der Waals surface area contributed by atoms with E-state index in [-0.39, 0.29) is 17.0 Å². The molecule has 32 heavy (non-hydrogen) atoms. The van der Waals surface area contributed by atoms with Gasteiger partial charge in [0.15, 0.2) is 0 Å². The lowest BCUT2D eigenvalue weighted by atomic mass is 10.1. The first-order chi connectivity index (χ1) is 15.3. The molecule has 158 valence electrons. The number of fused-ring (bicyclic) bond motifs is 1. The summed E-state index contributed by atoms with van der Waals surface area (Å²) in [7, 11) is -1.91. The number of hydrogen-bond acceptors (Lipinski definition) is 0. The van der Waals surface area contributed by atoms with Gasteiger partial charge in [-0.05, 0) is 58.8 Å². The van der Waals surface area contributed by atoms with Crippen molar-refractivity contribution >= 4 is 49.9 Å². The molecule has 0 aliphatic heterocycles. The van der Waals surface area contributed by atoms with Crippen molar-refractivity contribution in [1.29, 1.82) is 0 Å². The molecule has 0 aromatic heterocycles. The zero-order valence-electron chi connectivity index (χ0n) is 17.5. The molecule has 0 saturated carbocycles. The van der Waals surface area contributed by atoms with Crippen LogP contribution in [0.3, 0.4) is 0 Å². The summed E-state index contributed by atoms with van der Waals surface area (Å²) in [5.41, 5.74) is 1.39. The van der Waals surface area contributed by atoms with Gasteiger partial charge in [-0.25, -0.2) is 0 Å². The second-order valence-electron chi connectivity index (χ2n) is 7.73. The molecule has 0 amide bonds. The maximum Gasteiger partial charge on any atom is 0.116 e. The Morgan fingerprint density at radius 3 is 1.41 bits per heavy atom. The molecular weight excluding hydrogens is 539 g/mol. The number of benzene rings is 5. The third-order valence-corrected chi connectivity index (χ3v) is 11.0. The van der Waals surface area contributed by atoms with E-state index >= 15 is 0 Å². The van der Waals surface area contributed by atoms with Crippen LogP contribution in [0.25, 0.3) is 10.8 Å². The second-order valence-corrected chi connectivity index (χ2v) is 12.1. The minimum absolute atomic E-state index is 0. The molecule has 0 aliphatic rings. The summed E-state index contributed by atoms with van der Waals surface area (Å²) in [6.45, 7) is 0. The first-order valence-corrected chi connectivity index (χ1v) is 13.3. The molecule has 0 saturated heterocycles. The van der Waals surface area contributed by atoms with Crippen LogP contribution in [0.5, 0.6) is 0 Å². The Balaban J connectivity index is 0.00000245. The molecule has 0 unspecified atom stereocenters. The average molecular weight is 562 g/mol. The molecule has 5 aromatic carbocycles. The molecule has 0 spiro atoms. The lowest BCUT2D eigenvalue weighted by molar-refractivity contribution is -0.00000579. The standard InChI is InChI=1S/C29H23BrP.BrH/c30-29-21-11-19-27-23(12-10-20-28(27)29)22-31(24-13-4-1-5-14-24,25-15-6-2-7-16-25)26-17-8-3-9-18-26;/h1-21H,22H2;1H/q+1;/p-1. The van der Waals surface area contributed by atoms with Gasteiger partial charge < -0.3 is 17.0 Å². The Morgan fingerprint density at radius 2 is 0.906 bits per heavy atom. The summed E-state index contributed by atoms with van der Waals surface area (Å²) < 4.78 is 1.15. The van der Waals surface area contributed by atoms with E-state index in [0.29, 0.717) is 0 Å². The van der Waals surface area contributed by atoms with Crippen LogP contribution in [0.1, 0.15) is 5.56 Å². The van der Waals surface area contributed by atoms with Crippen LogP contribution in [0.15, 0.2) is 132 Å². The average Bonchev–Trinajstić information content (AvgIpc) is 2.85. The van der Waals surface area contributed by atoms with Crippen LogP contribution in [0.4, 0.5) is 0 Å². The van der Waals surface area contributed by atoms with Crippen molar-refractivity contribution in [3.8, 4) is 0 Å². The van der Waals surface area contributed by atoms with E-state index in [0.717, 1.165) is 10.6 Å². The van der Waals surface area contributed by atoms with Gasteiger partial charge >= 0.3 is 0 Å². The highest BCUT2D eigenvalue weighted by Crippen LogP contribution is 2.58. The van der Waals surface area contributed by atoms with E-state index in [1.165, 1.54) is 32.2 Å². The maximum atomic E-state index is 3.75. The smallest absolute Gasteiger partial charge is 0.116 e. The Kier molecular flexibility index (Phi) is 7.26. The van der Waals surface area contributed by atoms with E-state index in [1.54, 1.807) is 0 Å². The molecule has 3 heteroatoms. The Bertz CT molecular complexity index is 1210. The van der Waals surface area contributed by atoms with Gasteiger partial charge in [0.05, 0.1) is 6.16 Å². The minimum Gasteiger partial charge on any atom is -1.00 e. The number of hydrogen-bond donors (Lipinski definition) is 0. The Hall–Kier alpha value is -2.25. The number of halogens is 2. The summed E-state index contributed by atoms with van der Waals surface area (Å²) in [6, 6.07) is 46.5. The predicted octanol–water partition coefficient (Wildman–Crippen LogP) is 4.10. The largest absolute Gasteiger partial charge is 1.00 e. The van der Waals surface area contributed by atoms with E-state index < -0.39 is 7.26 Å². The van der Waals surface area contributed by atoms with Crippen LogP contribution < -0.4 is 32.9 Å². The fourth-order valence-corrected chi connectivity index (χ4v) is 9.27. The molecule has 0 radical (unpaired) electrons. The molecule has 0 bridgehead atoms. The van der Waals surface area contributed by atoms with E-state index in [2.05, 4.69) is 143 Å². The van der Waals surface area contributed by atoms with Crippen molar-refractivity contribution in [2.24, 2.45) is 0 Å². The quantitative estimate of drug-likeness (QED) is 0.283. The normalized spacial score (nSPS) is 11.2. The summed E-state index contributed by atoms with van der Waals surface area (Å²) in [6.07, 6.45) is 0.985. The summed E-state index contributed by atoms with van der Waals surface area (Å²) in [4.78, 5) is 0. The zero-order chi connectivity index (χ0) is 21.1. The van der Waals surface area contributed by atoms with Gasteiger partial charge in [-0.3, -0.25) is 0 Å². The predicted molar refractivity (Wildman–Crippen MR) is 140 cm³/mol. The van der Waals surface area contributed by atoms with Gasteiger partial charge in [0, 0.05) is 4.47 Å². The van der Waals surface area contributed by atoms with Crippen molar-refractivity contribution in [2.75, 3.05) is 0 Å². The van der Waals surface area contributed by atoms with Gasteiger partial charge in [-0.1, -0.05) is 101 Å². The van der Waals surface area contributed by atoms with Gasteiger partial charge in [0.1, 0.15) is 23.2 Å². The second kappa shape index (κ2) is 10.1. The molecule has 0 nitrogen and oxygen atoms in total. The third-order valence-electron chi connectivity index (χ3n) is 5.96. The van der Waals surface area contributed by atoms with Crippen molar-refractivity contribution in [3.63, 3.8) is 0 Å². The van der Waals surface area contributed by atoms with E-state index in [1.807, 2.05) is 0 Å². The molecule has 0 fully saturated rings. The van der Waals surface area contributed by atoms with Crippen LogP contribution in [0.2, 0.25) is 0 Å². The fourth-order valence-electron chi connectivity index (χ4n) is 4.50. The summed E-state index contributed by atoms with van der Waals surface area (Å²) in [5, 5.41) is 6.84. The maximum absolute atomic E-state index is 3.75. The summed E-state index contributed by atoms with van der Waals surface area (Å²) >= 11 is 3.75. The zero-order valence-corrected chi connectivity index (χ0v) is 21.6. The highest BCUT2D eigenvalue weighted by molar-refractivity contribution is 9.10. The van der Waals surface area contributed by atoms with E-state index in [9.17, 15) is 0 Å². The van der Waals surface area contributed by atoms with Crippen molar-refractivity contribution < 1.29 is 17.0 Å². The monoisotopic (exact) mass is 560 g/mol. The van der Waals surface area contributed by atoms with Crippen LogP contribution >= 0.6 is 23.2 Å². The van der Waals surface area contributed by atoms with Crippen LogP contribution in [0, 0.1) is 0 Å². The number of rotatable bonds is 5. The highest BCUT2D eigenvalue weighted by atomic mass is 79.9. The molecule has 0 N–H and O–H groups in total. The molecule has 0 aliphatic carbocycles. The highest BCUT2D eigenvalue weighted by Gasteiger charge is 2.45. The van der Waals surface area contributed by atoms with Crippen molar-refractivity contribution in [3.05, 3.63) is 137 Å². The van der Waals surface area contributed by atoms with Gasteiger partial charge in [-0.2, -0.15) is 0 Å². The van der Waals surface area contributed by atoms with Gasteiger partial charge in [-0.15, -0.1) is 0 Å². The van der Waals surface area contributed by atoms with Crippen molar-refractivity contribution in [1.82, 2.24) is 0 Å². The van der Waals surface area contributed by atoms with Crippen LogP contribution in [-0.2, 0) is 6.16 Å². The van der Waals surface area contributed by atoms with Crippen molar-refractivity contribution in [2.45, 2.75) is 6.16 Å². The first-order valence-electron chi connectivity index (χ1n) is 10.5. The molecule has 0 atom stereocenters. The lowest BCUT2D eigenvalue weighted by Crippen LogP contribution is -3.00. The first kappa shape index (κ1) is 22.9. The topological polar surface area (TPSA) is 0 Å². The fraction of sp³-hybridized carbons (Fsp3) is 0.0345. The lowest BCUT2D eigenvalue weighted by Gasteiger charge is -2.28. The Morgan fingerprint density at radius 1 is 0.469 bits per heavy atom.